The van der Waals surface area contributed by atoms with Gasteiger partial charge in [0, 0.05) is 15.9 Å². The summed E-state index contributed by atoms with van der Waals surface area (Å²) in [5, 5.41) is 7.24. The number of methoxy groups -OCH3 is 1. The summed E-state index contributed by atoms with van der Waals surface area (Å²) in [6.07, 6.45) is 2.64. The van der Waals surface area contributed by atoms with E-state index in [0.29, 0.717) is 17.3 Å². The second-order valence-corrected chi connectivity index (χ2v) is 10.1. The smallest absolute Gasteiger partial charge is 0.311 e. The van der Waals surface area contributed by atoms with E-state index in [1.54, 1.807) is 7.11 Å². The first-order chi connectivity index (χ1) is 16.5. The van der Waals surface area contributed by atoms with E-state index in [4.69, 9.17) is 21.4 Å². The highest BCUT2D eigenvalue weighted by Gasteiger charge is 2.36. The minimum absolute atomic E-state index is 0.118. The number of carbonyl (C=O) groups is 1. The molecule has 8 heteroatoms. The first-order valence-electron chi connectivity index (χ1n) is 10.5. The van der Waals surface area contributed by atoms with Crippen LogP contribution in [0, 0.1) is 0 Å². The Hall–Kier alpha value is -2.87. The van der Waals surface area contributed by atoms with Crippen LogP contribution in [-0.2, 0) is 0 Å². The van der Waals surface area contributed by atoms with E-state index in [1.165, 1.54) is 0 Å². The average molecular weight is 553 g/mol. The molecule has 3 aromatic carbocycles. The number of amides is 1. The SMILES string of the molecule is COc1ccc(C2=NN(C3=NC(=O)S/C3=C\c3ccc(Br)cc3)C(c3ccc(Cl)cc3)C2)cc1. The molecule has 2 aliphatic rings. The number of ether oxygens (including phenoxy) is 1. The van der Waals surface area contributed by atoms with Gasteiger partial charge in [-0.15, -0.1) is 0 Å². The zero-order valence-electron chi connectivity index (χ0n) is 18.1. The molecule has 170 valence electrons. The second kappa shape index (κ2) is 9.78. The van der Waals surface area contributed by atoms with Crippen molar-refractivity contribution < 1.29 is 9.53 Å². The number of benzene rings is 3. The summed E-state index contributed by atoms with van der Waals surface area (Å²) in [4.78, 5) is 17.5. The van der Waals surface area contributed by atoms with Crippen LogP contribution in [0.3, 0.4) is 0 Å². The number of rotatable bonds is 4. The predicted molar refractivity (Wildman–Crippen MR) is 143 cm³/mol. The molecule has 0 fully saturated rings. The summed E-state index contributed by atoms with van der Waals surface area (Å²) >= 11 is 10.7. The molecule has 34 heavy (non-hydrogen) atoms. The molecule has 0 aromatic heterocycles. The van der Waals surface area contributed by atoms with Crippen LogP contribution in [0.1, 0.15) is 29.2 Å². The van der Waals surface area contributed by atoms with Crippen molar-refractivity contribution in [3.8, 4) is 5.75 Å². The third-order valence-electron chi connectivity index (χ3n) is 5.59. The number of nitrogens with zero attached hydrogens (tertiary/aromatic N) is 3. The van der Waals surface area contributed by atoms with E-state index in [-0.39, 0.29) is 11.3 Å². The number of hydrazone groups is 1. The summed E-state index contributed by atoms with van der Waals surface area (Å²) in [6, 6.07) is 23.4. The molecule has 0 radical (unpaired) electrons. The van der Waals surface area contributed by atoms with Crippen molar-refractivity contribution in [3.05, 3.63) is 104 Å². The maximum atomic E-state index is 12.4. The third kappa shape index (κ3) is 4.82. The molecule has 0 saturated carbocycles. The molecular formula is C26H19BrClN3O2S. The third-order valence-corrected chi connectivity index (χ3v) is 7.15. The fourth-order valence-electron chi connectivity index (χ4n) is 3.88. The number of halogens is 2. The van der Waals surface area contributed by atoms with Gasteiger partial charge >= 0.3 is 5.24 Å². The number of amidine groups is 1. The molecule has 1 unspecified atom stereocenters. The van der Waals surface area contributed by atoms with Crippen molar-refractivity contribution in [2.75, 3.05) is 7.11 Å². The Morgan fingerprint density at radius 3 is 2.44 bits per heavy atom. The quantitative estimate of drug-likeness (QED) is 0.335. The van der Waals surface area contributed by atoms with Gasteiger partial charge in [0.1, 0.15) is 5.75 Å². The van der Waals surface area contributed by atoms with Crippen LogP contribution in [0.15, 0.2) is 92.3 Å². The Bertz CT molecular complexity index is 1320. The van der Waals surface area contributed by atoms with Crippen LogP contribution >= 0.6 is 39.3 Å². The molecular weight excluding hydrogens is 534 g/mol. The minimum atomic E-state index is -0.249. The van der Waals surface area contributed by atoms with Crippen LogP contribution in [0.2, 0.25) is 5.02 Å². The summed E-state index contributed by atoms with van der Waals surface area (Å²) in [5.74, 6) is 1.34. The molecule has 2 heterocycles. The van der Waals surface area contributed by atoms with Gasteiger partial charge in [-0.2, -0.15) is 10.1 Å². The topological polar surface area (TPSA) is 54.3 Å². The molecule has 1 amide bonds. The van der Waals surface area contributed by atoms with Gasteiger partial charge < -0.3 is 4.74 Å². The van der Waals surface area contributed by atoms with E-state index >= 15 is 0 Å². The van der Waals surface area contributed by atoms with Gasteiger partial charge in [-0.05, 0) is 83.1 Å². The summed E-state index contributed by atoms with van der Waals surface area (Å²) in [5.41, 5.74) is 3.94. The van der Waals surface area contributed by atoms with Gasteiger partial charge in [-0.3, -0.25) is 4.79 Å². The van der Waals surface area contributed by atoms with Gasteiger partial charge in [0.15, 0.2) is 5.84 Å². The second-order valence-electron chi connectivity index (χ2n) is 7.75. The summed E-state index contributed by atoms with van der Waals surface area (Å²) < 4.78 is 6.29. The van der Waals surface area contributed by atoms with Crippen LogP contribution < -0.4 is 4.74 Å². The maximum absolute atomic E-state index is 12.4. The molecule has 5 rings (SSSR count). The van der Waals surface area contributed by atoms with E-state index in [2.05, 4.69) is 20.9 Å². The van der Waals surface area contributed by atoms with E-state index < -0.39 is 0 Å². The van der Waals surface area contributed by atoms with Crippen LogP contribution in [0.5, 0.6) is 5.75 Å². The Kier molecular flexibility index (Phi) is 6.59. The molecule has 0 bridgehead atoms. The van der Waals surface area contributed by atoms with Gasteiger partial charge in [0.05, 0.1) is 23.8 Å². The van der Waals surface area contributed by atoms with Crippen molar-refractivity contribution >= 4 is 62.2 Å². The number of hydrogen-bond acceptors (Lipinski definition) is 5. The highest BCUT2D eigenvalue weighted by molar-refractivity contribution is 9.10. The van der Waals surface area contributed by atoms with Crippen molar-refractivity contribution in [2.45, 2.75) is 12.5 Å². The first kappa shape index (κ1) is 22.9. The highest BCUT2D eigenvalue weighted by Crippen LogP contribution is 2.40. The summed E-state index contributed by atoms with van der Waals surface area (Å²) in [6.45, 7) is 0. The van der Waals surface area contributed by atoms with Crippen LogP contribution in [0.25, 0.3) is 6.08 Å². The molecule has 0 aliphatic carbocycles. The van der Waals surface area contributed by atoms with E-state index in [9.17, 15) is 4.79 Å². The van der Waals surface area contributed by atoms with Crippen LogP contribution in [-0.4, -0.2) is 28.9 Å². The first-order valence-corrected chi connectivity index (χ1v) is 12.5. The van der Waals surface area contributed by atoms with E-state index in [0.717, 1.165) is 49.3 Å². The standard InChI is InChI=1S/C26H19BrClN3O2S/c1-33-21-12-6-17(7-13-21)22-15-23(18-4-10-20(28)11-5-18)31(30-22)25-24(34-26(32)29-25)14-16-2-8-19(27)9-3-16/h2-14,23H,15H2,1H3/b24-14-. The van der Waals surface area contributed by atoms with Gasteiger partial charge in [-0.25, -0.2) is 5.01 Å². The van der Waals surface area contributed by atoms with Gasteiger partial charge in [-0.1, -0.05) is 51.8 Å². The maximum Gasteiger partial charge on any atom is 0.311 e. The zero-order valence-corrected chi connectivity index (χ0v) is 21.3. The van der Waals surface area contributed by atoms with Crippen molar-refractivity contribution in [2.24, 2.45) is 10.1 Å². The lowest BCUT2D eigenvalue weighted by Gasteiger charge is -2.24. The number of hydrogen-bond donors (Lipinski definition) is 0. The normalized spacial score (nSPS) is 18.9. The number of aliphatic imine (C=N–C) groups is 1. The van der Waals surface area contributed by atoms with Crippen LogP contribution in [0.4, 0.5) is 4.79 Å². The zero-order chi connectivity index (χ0) is 23.7. The van der Waals surface area contributed by atoms with Gasteiger partial charge in [0.2, 0.25) is 0 Å². The van der Waals surface area contributed by atoms with Crippen molar-refractivity contribution in [1.82, 2.24) is 5.01 Å². The Labute approximate surface area is 215 Å². The molecule has 2 aliphatic heterocycles. The Morgan fingerprint density at radius 1 is 1.06 bits per heavy atom. The number of carbonyl (C=O) groups excluding carboxylic acids is 1. The monoisotopic (exact) mass is 551 g/mol. The fourth-order valence-corrected chi connectivity index (χ4v) is 5.02. The lowest BCUT2D eigenvalue weighted by molar-refractivity contribution is 0.267. The molecule has 0 saturated heterocycles. The van der Waals surface area contributed by atoms with E-state index in [1.807, 2.05) is 83.9 Å². The minimum Gasteiger partial charge on any atom is -0.497 e. The average Bonchev–Trinajstić information content (AvgIpc) is 3.44. The lowest BCUT2D eigenvalue weighted by Crippen LogP contribution is -2.26. The number of thioether (sulfide) groups is 1. The fraction of sp³-hybridized carbons (Fsp3) is 0.115. The molecule has 0 spiro atoms. The Morgan fingerprint density at radius 2 is 1.76 bits per heavy atom. The predicted octanol–water partition coefficient (Wildman–Crippen LogP) is 7.57. The Balaban J connectivity index is 1.55. The lowest BCUT2D eigenvalue weighted by atomic mass is 9.98. The highest BCUT2D eigenvalue weighted by atomic mass is 79.9. The van der Waals surface area contributed by atoms with Gasteiger partial charge in [0.25, 0.3) is 0 Å². The van der Waals surface area contributed by atoms with Crippen molar-refractivity contribution in [1.29, 1.82) is 0 Å². The molecule has 1 atom stereocenters. The molecule has 5 nitrogen and oxygen atoms in total. The largest absolute Gasteiger partial charge is 0.497 e. The summed E-state index contributed by atoms with van der Waals surface area (Å²) in [7, 11) is 1.65. The molecule has 0 N–H and O–H groups in total. The molecule has 3 aromatic rings. The van der Waals surface area contributed by atoms with Crippen molar-refractivity contribution in [3.63, 3.8) is 0 Å².